The first-order valence-corrected chi connectivity index (χ1v) is 8.39. The van der Waals surface area contributed by atoms with Crippen LogP contribution in [0.25, 0.3) is 0 Å². The SMILES string of the molecule is CCOCCN(CC)S(=O)(=O)Cc1ccc(C(=O)O)cc1. The van der Waals surface area contributed by atoms with E-state index in [1.807, 2.05) is 6.92 Å². The summed E-state index contributed by atoms with van der Waals surface area (Å²) in [6, 6.07) is 5.86. The Morgan fingerprint density at radius 3 is 2.33 bits per heavy atom. The number of carboxylic acids is 1. The lowest BCUT2D eigenvalue weighted by atomic mass is 10.1. The first-order chi connectivity index (χ1) is 9.90. The number of likely N-dealkylation sites (N-methyl/N-ethyl adjacent to an activating group) is 1. The molecular weight excluding hydrogens is 294 g/mol. The summed E-state index contributed by atoms with van der Waals surface area (Å²) in [4.78, 5) is 10.8. The monoisotopic (exact) mass is 315 g/mol. The largest absolute Gasteiger partial charge is 0.478 e. The zero-order valence-corrected chi connectivity index (χ0v) is 13.1. The standard InChI is InChI=1S/C14H21NO5S/c1-3-15(9-10-20-4-2)21(18,19)11-12-5-7-13(8-6-12)14(16)17/h5-8H,3-4,9-11H2,1-2H3,(H,16,17). The van der Waals surface area contributed by atoms with E-state index in [0.29, 0.717) is 31.9 Å². The van der Waals surface area contributed by atoms with Gasteiger partial charge in [-0.2, -0.15) is 4.31 Å². The van der Waals surface area contributed by atoms with Gasteiger partial charge < -0.3 is 9.84 Å². The first kappa shape index (κ1) is 17.6. The lowest BCUT2D eigenvalue weighted by Gasteiger charge is -2.20. The summed E-state index contributed by atoms with van der Waals surface area (Å²) in [6.45, 7) is 5.24. The molecule has 0 atom stereocenters. The number of benzene rings is 1. The van der Waals surface area contributed by atoms with Crippen LogP contribution < -0.4 is 0 Å². The third kappa shape index (κ3) is 5.45. The number of carboxylic acid groups (broad SMARTS) is 1. The fraction of sp³-hybridized carbons (Fsp3) is 0.500. The molecule has 0 unspecified atom stereocenters. The van der Waals surface area contributed by atoms with E-state index in [1.165, 1.54) is 28.6 Å². The van der Waals surface area contributed by atoms with Crippen LogP contribution in [-0.4, -0.2) is 50.1 Å². The second-order valence-corrected chi connectivity index (χ2v) is 6.42. The van der Waals surface area contributed by atoms with Crippen molar-refractivity contribution >= 4 is 16.0 Å². The van der Waals surface area contributed by atoms with Crippen LogP contribution >= 0.6 is 0 Å². The normalized spacial score (nSPS) is 11.8. The number of sulfonamides is 1. The molecule has 0 spiro atoms. The Hall–Kier alpha value is -1.44. The Kier molecular flexibility index (Phi) is 6.80. The minimum Gasteiger partial charge on any atom is -0.478 e. The van der Waals surface area contributed by atoms with E-state index in [2.05, 4.69) is 0 Å². The number of ether oxygens (including phenoxy) is 1. The van der Waals surface area contributed by atoms with Gasteiger partial charge in [0.2, 0.25) is 10.0 Å². The first-order valence-electron chi connectivity index (χ1n) is 6.78. The molecule has 0 aliphatic rings. The minimum atomic E-state index is -3.43. The van der Waals surface area contributed by atoms with Crippen molar-refractivity contribution in [2.45, 2.75) is 19.6 Å². The number of nitrogens with zero attached hydrogens (tertiary/aromatic N) is 1. The highest BCUT2D eigenvalue weighted by Gasteiger charge is 2.20. The molecule has 0 amide bonds. The van der Waals surface area contributed by atoms with E-state index in [4.69, 9.17) is 9.84 Å². The molecule has 0 aliphatic carbocycles. The Labute approximate surface area is 125 Å². The molecule has 7 heteroatoms. The summed E-state index contributed by atoms with van der Waals surface area (Å²) in [5.41, 5.74) is 0.703. The highest BCUT2D eigenvalue weighted by atomic mass is 32.2. The van der Waals surface area contributed by atoms with Crippen LogP contribution in [0.1, 0.15) is 29.8 Å². The molecule has 1 rings (SSSR count). The molecule has 0 bridgehead atoms. The van der Waals surface area contributed by atoms with Crippen LogP contribution in [0.5, 0.6) is 0 Å². The van der Waals surface area contributed by atoms with Gasteiger partial charge in [0.25, 0.3) is 0 Å². The van der Waals surface area contributed by atoms with Gasteiger partial charge in [-0.25, -0.2) is 13.2 Å². The topological polar surface area (TPSA) is 83.9 Å². The van der Waals surface area contributed by atoms with Gasteiger partial charge in [0.1, 0.15) is 0 Å². The number of hydrogen-bond acceptors (Lipinski definition) is 4. The average molecular weight is 315 g/mol. The van der Waals surface area contributed by atoms with Crippen molar-refractivity contribution in [1.82, 2.24) is 4.31 Å². The molecule has 21 heavy (non-hydrogen) atoms. The quantitative estimate of drug-likeness (QED) is 0.699. The Bertz CT molecular complexity index is 553. The predicted octanol–water partition coefficient (Wildman–Crippen LogP) is 1.57. The zero-order valence-electron chi connectivity index (χ0n) is 12.3. The lowest BCUT2D eigenvalue weighted by molar-refractivity contribution is 0.0697. The molecule has 6 nitrogen and oxygen atoms in total. The maximum absolute atomic E-state index is 12.3. The van der Waals surface area contributed by atoms with Gasteiger partial charge in [0.15, 0.2) is 0 Å². The molecule has 0 fully saturated rings. The molecule has 0 heterocycles. The Morgan fingerprint density at radius 1 is 1.24 bits per heavy atom. The van der Waals surface area contributed by atoms with Gasteiger partial charge in [-0.1, -0.05) is 19.1 Å². The molecular formula is C14H21NO5S. The summed E-state index contributed by atoms with van der Waals surface area (Å²) >= 11 is 0. The van der Waals surface area contributed by atoms with E-state index in [1.54, 1.807) is 6.92 Å². The van der Waals surface area contributed by atoms with Gasteiger partial charge in [-0.15, -0.1) is 0 Å². The molecule has 1 aromatic carbocycles. The number of aromatic carboxylic acids is 1. The number of hydrogen-bond donors (Lipinski definition) is 1. The van der Waals surface area contributed by atoms with Crippen LogP contribution in [0.2, 0.25) is 0 Å². The van der Waals surface area contributed by atoms with E-state index >= 15 is 0 Å². The molecule has 1 aromatic rings. The van der Waals surface area contributed by atoms with Crippen molar-refractivity contribution in [3.8, 4) is 0 Å². The summed E-state index contributed by atoms with van der Waals surface area (Å²) < 4.78 is 31.1. The van der Waals surface area contributed by atoms with Crippen LogP contribution in [0.15, 0.2) is 24.3 Å². The van der Waals surface area contributed by atoms with Crippen molar-refractivity contribution in [2.75, 3.05) is 26.3 Å². The molecule has 0 radical (unpaired) electrons. The van der Waals surface area contributed by atoms with Crippen molar-refractivity contribution in [2.24, 2.45) is 0 Å². The van der Waals surface area contributed by atoms with E-state index in [9.17, 15) is 13.2 Å². The van der Waals surface area contributed by atoms with Crippen molar-refractivity contribution < 1.29 is 23.1 Å². The summed E-state index contributed by atoms with van der Waals surface area (Å²) in [6.07, 6.45) is 0. The maximum atomic E-state index is 12.3. The van der Waals surface area contributed by atoms with Crippen molar-refractivity contribution in [3.63, 3.8) is 0 Å². The fourth-order valence-corrected chi connectivity index (χ4v) is 3.39. The summed E-state index contributed by atoms with van der Waals surface area (Å²) in [5, 5.41) is 8.81. The second-order valence-electron chi connectivity index (χ2n) is 4.45. The van der Waals surface area contributed by atoms with E-state index in [-0.39, 0.29) is 11.3 Å². The average Bonchev–Trinajstić information content (AvgIpc) is 2.43. The third-order valence-corrected chi connectivity index (χ3v) is 4.91. The van der Waals surface area contributed by atoms with E-state index < -0.39 is 16.0 Å². The van der Waals surface area contributed by atoms with Crippen molar-refractivity contribution in [1.29, 1.82) is 0 Å². The van der Waals surface area contributed by atoms with Gasteiger partial charge in [-0.05, 0) is 24.6 Å². The van der Waals surface area contributed by atoms with Gasteiger partial charge in [0, 0.05) is 19.7 Å². The van der Waals surface area contributed by atoms with Crippen LogP contribution in [0.3, 0.4) is 0 Å². The minimum absolute atomic E-state index is 0.139. The maximum Gasteiger partial charge on any atom is 0.335 e. The summed E-state index contributed by atoms with van der Waals surface area (Å²) in [7, 11) is -3.43. The lowest BCUT2D eigenvalue weighted by Crippen LogP contribution is -2.34. The second kappa shape index (κ2) is 8.11. The van der Waals surface area contributed by atoms with Crippen LogP contribution in [0.4, 0.5) is 0 Å². The van der Waals surface area contributed by atoms with Crippen molar-refractivity contribution in [3.05, 3.63) is 35.4 Å². The highest BCUT2D eigenvalue weighted by Crippen LogP contribution is 2.12. The van der Waals surface area contributed by atoms with Gasteiger partial charge in [-0.3, -0.25) is 0 Å². The Morgan fingerprint density at radius 2 is 1.86 bits per heavy atom. The van der Waals surface area contributed by atoms with Crippen LogP contribution in [-0.2, 0) is 20.5 Å². The molecule has 0 saturated carbocycles. The van der Waals surface area contributed by atoms with E-state index in [0.717, 1.165) is 0 Å². The summed E-state index contributed by atoms with van der Waals surface area (Å²) in [5.74, 6) is -1.18. The molecule has 0 aromatic heterocycles. The third-order valence-electron chi connectivity index (χ3n) is 2.99. The molecule has 0 saturated heterocycles. The smallest absolute Gasteiger partial charge is 0.335 e. The fourth-order valence-electron chi connectivity index (χ4n) is 1.85. The highest BCUT2D eigenvalue weighted by molar-refractivity contribution is 7.88. The Balaban J connectivity index is 2.75. The molecule has 118 valence electrons. The zero-order chi connectivity index (χ0) is 15.9. The van der Waals surface area contributed by atoms with Crippen LogP contribution in [0, 0.1) is 0 Å². The molecule has 0 aliphatic heterocycles. The number of carbonyl (C=O) groups is 1. The van der Waals surface area contributed by atoms with Gasteiger partial charge in [0.05, 0.1) is 17.9 Å². The predicted molar refractivity (Wildman–Crippen MR) is 79.8 cm³/mol. The number of rotatable bonds is 9. The molecule has 1 N–H and O–H groups in total. The van der Waals surface area contributed by atoms with Gasteiger partial charge >= 0.3 is 5.97 Å².